The summed E-state index contributed by atoms with van der Waals surface area (Å²) < 4.78 is 5.62. The minimum absolute atomic E-state index is 0.0466. The highest BCUT2D eigenvalue weighted by molar-refractivity contribution is 8.76. The van der Waals surface area contributed by atoms with Crippen LogP contribution >= 0.6 is 21.6 Å². The van der Waals surface area contributed by atoms with Crippen molar-refractivity contribution in [2.24, 2.45) is 11.8 Å². The SMILES string of the molecule is CC=C1NC(=O)[C@H]2CSSCC=C[C@H](CC(=O)N[C@H](C(C)C)C(=O)N2)OC(=O)[C@H](C(C)C)NC1=O. The smallest absolute Gasteiger partial charge is 0.329 e. The summed E-state index contributed by atoms with van der Waals surface area (Å²) in [6, 6.07) is -2.86. The Morgan fingerprint density at radius 2 is 1.63 bits per heavy atom. The van der Waals surface area contributed by atoms with Gasteiger partial charge in [-0.1, -0.05) is 61.4 Å². The molecule has 0 spiro atoms. The molecular formula is C23H34N4O6S2. The normalized spacial score (nSPS) is 28.9. The van der Waals surface area contributed by atoms with Gasteiger partial charge in [-0.3, -0.25) is 19.2 Å². The lowest BCUT2D eigenvalue weighted by molar-refractivity contribution is -0.153. The molecule has 1 fully saturated rings. The summed E-state index contributed by atoms with van der Waals surface area (Å²) >= 11 is 0. The van der Waals surface area contributed by atoms with E-state index in [-0.39, 0.29) is 29.7 Å². The Hall–Kier alpha value is -2.47. The molecule has 0 aromatic heterocycles. The van der Waals surface area contributed by atoms with Crippen LogP contribution in [0.3, 0.4) is 0 Å². The zero-order valence-corrected chi connectivity index (χ0v) is 22.2. The van der Waals surface area contributed by atoms with Crippen LogP contribution in [-0.4, -0.2) is 65.3 Å². The van der Waals surface area contributed by atoms with E-state index < -0.39 is 53.8 Å². The molecule has 3 aliphatic heterocycles. The number of fused-ring (bicyclic) bond motifs is 16. The van der Waals surface area contributed by atoms with Crippen molar-refractivity contribution in [1.82, 2.24) is 21.3 Å². The lowest BCUT2D eigenvalue weighted by Gasteiger charge is -2.28. The van der Waals surface area contributed by atoms with Gasteiger partial charge in [-0.25, -0.2) is 4.79 Å². The molecule has 12 heteroatoms. The number of amides is 4. The Morgan fingerprint density at radius 1 is 0.943 bits per heavy atom. The first-order valence-corrected chi connectivity index (χ1v) is 14.0. The van der Waals surface area contributed by atoms with Crippen molar-refractivity contribution in [2.75, 3.05) is 11.5 Å². The number of rotatable bonds is 2. The zero-order chi connectivity index (χ0) is 26.1. The summed E-state index contributed by atoms with van der Waals surface area (Å²) in [5.74, 6) is -2.75. The minimum Gasteiger partial charge on any atom is -0.456 e. The summed E-state index contributed by atoms with van der Waals surface area (Å²) in [6.45, 7) is 8.64. The van der Waals surface area contributed by atoms with Gasteiger partial charge in [0.2, 0.25) is 17.7 Å². The third-order valence-electron chi connectivity index (χ3n) is 5.38. The monoisotopic (exact) mass is 526 g/mol. The second-order valence-electron chi connectivity index (χ2n) is 8.91. The molecule has 4 N–H and O–H groups in total. The van der Waals surface area contributed by atoms with Gasteiger partial charge in [-0.15, -0.1) is 0 Å². The lowest BCUT2D eigenvalue weighted by Crippen LogP contribution is -2.57. The number of carbonyl (C=O) groups is 5. The Kier molecular flexibility index (Phi) is 11.2. The van der Waals surface area contributed by atoms with Gasteiger partial charge in [-0.05, 0) is 24.8 Å². The van der Waals surface area contributed by atoms with E-state index in [9.17, 15) is 24.0 Å². The van der Waals surface area contributed by atoms with E-state index in [0.717, 1.165) is 0 Å². The number of ether oxygens (including phenoxy) is 1. The average molecular weight is 527 g/mol. The van der Waals surface area contributed by atoms with E-state index in [1.807, 2.05) is 0 Å². The summed E-state index contributed by atoms with van der Waals surface area (Å²) in [5.41, 5.74) is -0.0466. The first kappa shape index (κ1) is 28.8. The van der Waals surface area contributed by atoms with Crippen molar-refractivity contribution < 1.29 is 28.7 Å². The molecule has 0 radical (unpaired) electrons. The zero-order valence-electron chi connectivity index (χ0n) is 20.6. The number of allylic oxidation sites excluding steroid dienone is 1. The van der Waals surface area contributed by atoms with Crippen molar-refractivity contribution >= 4 is 51.2 Å². The molecule has 0 aromatic carbocycles. The number of esters is 1. The van der Waals surface area contributed by atoms with Gasteiger partial charge in [0.15, 0.2) is 0 Å². The molecule has 0 unspecified atom stereocenters. The molecule has 10 nitrogen and oxygen atoms in total. The first-order chi connectivity index (χ1) is 16.5. The molecule has 35 heavy (non-hydrogen) atoms. The third-order valence-corrected chi connectivity index (χ3v) is 7.67. The van der Waals surface area contributed by atoms with Crippen LogP contribution in [0.5, 0.6) is 0 Å². The van der Waals surface area contributed by atoms with Crippen LogP contribution in [0.4, 0.5) is 0 Å². The highest BCUT2D eigenvalue weighted by atomic mass is 33.1. The molecule has 4 atom stereocenters. The number of nitrogens with one attached hydrogen (secondary N) is 4. The maximum absolute atomic E-state index is 13.1. The molecule has 2 bridgehead atoms. The molecule has 3 aliphatic rings. The third kappa shape index (κ3) is 8.60. The number of carbonyl (C=O) groups excluding carboxylic acids is 5. The predicted molar refractivity (Wildman–Crippen MR) is 136 cm³/mol. The van der Waals surface area contributed by atoms with E-state index in [2.05, 4.69) is 21.3 Å². The highest BCUT2D eigenvalue weighted by Crippen LogP contribution is 2.23. The fraction of sp³-hybridized carbons (Fsp3) is 0.609. The van der Waals surface area contributed by atoms with Gasteiger partial charge in [0.05, 0.1) is 6.42 Å². The number of hydrogen-bond donors (Lipinski definition) is 4. The van der Waals surface area contributed by atoms with Crippen molar-refractivity contribution in [1.29, 1.82) is 0 Å². The maximum atomic E-state index is 13.1. The van der Waals surface area contributed by atoms with E-state index in [4.69, 9.17) is 4.74 Å². The topological polar surface area (TPSA) is 143 Å². The van der Waals surface area contributed by atoms with Gasteiger partial charge < -0.3 is 26.0 Å². The molecule has 3 rings (SSSR count). The quantitative estimate of drug-likeness (QED) is 0.137. The Morgan fingerprint density at radius 3 is 2.26 bits per heavy atom. The molecule has 1 saturated heterocycles. The standard InChI is InChI=1S/C23H34N4O6S2/c1-6-15-20(29)27-19(13(4)5)23(32)33-14-8-7-9-34-35-11-16(21(30)24-15)25-22(31)18(12(2)3)26-17(28)10-14/h6-8,12-14,16,18-19H,9-11H2,1-5H3,(H,24,30)(H,25,31)(H,26,28)(H,27,29)/t14-,16-,18-,19+/m1/s1. The first-order valence-electron chi connectivity index (χ1n) is 11.5. The molecule has 0 saturated carbocycles. The minimum atomic E-state index is -1.00. The van der Waals surface area contributed by atoms with Gasteiger partial charge >= 0.3 is 5.97 Å². The van der Waals surface area contributed by atoms with Crippen molar-refractivity contribution in [2.45, 2.75) is 65.3 Å². The van der Waals surface area contributed by atoms with Gasteiger partial charge in [0.1, 0.15) is 29.9 Å². The predicted octanol–water partition coefficient (Wildman–Crippen LogP) is 1.04. The van der Waals surface area contributed by atoms with Crippen LogP contribution < -0.4 is 21.3 Å². The molecule has 0 aliphatic carbocycles. The van der Waals surface area contributed by atoms with Crippen LogP contribution in [0.1, 0.15) is 41.0 Å². The molecular weight excluding hydrogens is 492 g/mol. The molecule has 0 aromatic rings. The Balaban J connectivity index is 2.55. The summed E-state index contributed by atoms with van der Waals surface area (Å²) in [6.07, 6.45) is 3.76. The largest absolute Gasteiger partial charge is 0.456 e. The summed E-state index contributed by atoms with van der Waals surface area (Å²) in [5, 5.41) is 10.6. The summed E-state index contributed by atoms with van der Waals surface area (Å²) in [4.78, 5) is 64.9. The Bertz CT molecular complexity index is 889. The second kappa shape index (κ2) is 13.6. The van der Waals surface area contributed by atoms with Crippen LogP contribution in [0.15, 0.2) is 23.9 Å². The summed E-state index contributed by atoms with van der Waals surface area (Å²) in [7, 11) is 2.82. The van der Waals surface area contributed by atoms with E-state index in [0.29, 0.717) is 5.75 Å². The van der Waals surface area contributed by atoms with Crippen LogP contribution in [0.2, 0.25) is 0 Å². The van der Waals surface area contributed by atoms with Crippen molar-refractivity contribution in [3.63, 3.8) is 0 Å². The average Bonchev–Trinajstić information content (AvgIpc) is 2.78. The van der Waals surface area contributed by atoms with Crippen molar-refractivity contribution in [3.05, 3.63) is 23.9 Å². The van der Waals surface area contributed by atoms with E-state index in [1.165, 1.54) is 27.7 Å². The van der Waals surface area contributed by atoms with Crippen molar-refractivity contribution in [3.8, 4) is 0 Å². The Labute approximate surface area is 213 Å². The van der Waals surface area contributed by atoms with Crippen LogP contribution in [-0.2, 0) is 28.7 Å². The van der Waals surface area contributed by atoms with Gasteiger partial charge in [0, 0.05) is 11.5 Å². The van der Waals surface area contributed by atoms with Crippen LogP contribution in [0, 0.1) is 11.8 Å². The maximum Gasteiger partial charge on any atom is 0.329 e. The van der Waals surface area contributed by atoms with Gasteiger partial charge in [0.25, 0.3) is 5.91 Å². The van der Waals surface area contributed by atoms with Gasteiger partial charge in [-0.2, -0.15) is 0 Å². The molecule has 194 valence electrons. The van der Waals surface area contributed by atoms with Crippen LogP contribution in [0.25, 0.3) is 0 Å². The van der Waals surface area contributed by atoms with E-state index >= 15 is 0 Å². The molecule has 4 amide bonds. The second-order valence-corrected chi connectivity index (χ2v) is 11.5. The fourth-order valence-electron chi connectivity index (χ4n) is 3.37. The lowest BCUT2D eigenvalue weighted by atomic mass is 10.0. The fourth-order valence-corrected chi connectivity index (χ4v) is 5.35. The highest BCUT2D eigenvalue weighted by Gasteiger charge is 2.33. The van der Waals surface area contributed by atoms with E-state index in [1.54, 1.807) is 46.8 Å². The number of hydrogen-bond acceptors (Lipinski definition) is 8. The molecule has 3 heterocycles.